The van der Waals surface area contributed by atoms with Crippen molar-refractivity contribution in [2.45, 2.75) is 56.0 Å². The average molecular weight is 1110 g/mol. The Morgan fingerprint density at radius 2 is 0.605 bits per heavy atom. The van der Waals surface area contributed by atoms with E-state index in [-0.39, 0.29) is 0 Å². The van der Waals surface area contributed by atoms with Crippen LogP contribution in [0.5, 0.6) is 0 Å². The second-order valence-electron chi connectivity index (χ2n) is 16.7. The average Bonchev–Trinajstić information content (AvgIpc) is 3.30. The maximum absolute atomic E-state index is 14.2. The molecule has 7 aromatic rings. The molecular weight excluding hydrogens is 1080 g/mol. The van der Waals surface area contributed by atoms with Crippen molar-refractivity contribution in [1.29, 1.82) is 5.26 Å². The van der Waals surface area contributed by atoms with E-state index < -0.39 is 195 Å². The molecule has 0 amide bonds. The van der Waals surface area contributed by atoms with Crippen molar-refractivity contribution in [1.82, 2.24) is 0 Å². The first kappa shape index (κ1) is 57.9. The molecule has 0 saturated carbocycles. The number of benzene rings is 6. The number of hydrogen-bond donors (Lipinski definition) is 0. The molecule has 0 unspecified atom stereocenters. The maximum atomic E-state index is 14.2. The summed E-state index contributed by atoms with van der Waals surface area (Å²) in [5.74, 6) is 0. The fraction of sp³-hybridized carbons (Fsp3) is 0.184. The summed E-state index contributed by atoms with van der Waals surface area (Å²) < 4.78 is 343. The van der Waals surface area contributed by atoms with E-state index in [9.17, 15) is 105 Å². The highest BCUT2D eigenvalue weighted by Crippen LogP contribution is 2.41. The van der Waals surface area contributed by atoms with Gasteiger partial charge in [0.25, 0.3) is 0 Å². The number of nitriles is 1. The number of halogens is 24. The monoisotopic (exact) mass is 1110 g/mol. The van der Waals surface area contributed by atoms with Crippen molar-refractivity contribution in [3.8, 4) is 6.07 Å². The molecular formula is C49H25BF24N2. The van der Waals surface area contributed by atoms with Crippen LogP contribution in [0.4, 0.5) is 105 Å². The first-order valence-corrected chi connectivity index (χ1v) is 20.8. The van der Waals surface area contributed by atoms with Crippen LogP contribution < -0.4 is 26.4 Å². The van der Waals surface area contributed by atoms with Gasteiger partial charge in [0.15, 0.2) is 12.7 Å². The van der Waals surface area contributed by atoms with E-state index in [1.54, 1.807) is 0 Å². The third-order valence-electron chi connectivity index (χ3n) is 11.7. The van der Waals surface area contributed by atoms with E-state index >= 15 is 0 Å². The summed E-state index contributed by atoms with van der Waals surface area (Å²) in [6.07, 6.45) is -52.7. The number of rotatable bonds is 6. The number of fused-ring (bicyclic) bond motifs is 1. The lowest BCUT2D eigenvalue weighted by Crippen LogP contribution is -2.75. The predicted molar refractivity (Wildman–Crippen MR) is 224 cm³/mol. The summed E-state index contributed by atoms with van der Waals surface area (Å²) in [6.45, 7) is 0.813. The second kappa shape index (κ2) is 20.0. The zero-order chi connectivity index (χ0) is 57.0. The Morgan fingerprint density at radius 1 is 0.342 bits per heavy atom. The van der Waals surface area contributed by atoms with Crippen LogP contribution in [0.2, 0.25) is 0 Å². The Labute approximate surface area is 411 Å². The minimum Gasteiger partial charge on any atom is -0.194 e. The second-order valence-corrected chi connectivity index (χ2v) is 16.7. The van der Waals surface area contributed by atoms with Gasteiger partial charge in [0, 0.05) is 23.1 Å². The first-order valence-electron chi connectivity index (χ1n) is 20.8. The molecule has 0 aliphatic rings. The topological polar surface area (TPSA) is 27.7 Å². The van der Waals surface area contributed by atoms with Crippen LogP contribution in [-0.4, -0.2) is 6.15 Å². The summed E-state index contributed by atoms with van der Waals surface area (Å²) in [6, 6.07) is 13.6. The van der Waals surface area contributed by atoms with Crippen LogP contribution >= 0.6 is 0 Å². The third-order valence-corrected chi connectivity index (χ3v) is 11.7. The van der Waals surface area contributed by atoms with Crippen molar-refractivity contribution in [2.24, 2.45) is 0 Å². The molecule has 0 saturated heterocycles. The molecule has 1 heterocycles. The molecule has 27 heteroatoms. The molecule has 0 atom stereocenters. The Hall–Kier alpha value is -7.40. The molecule has 0 aliphatic heterocycles. The van der Waals surface area contributed by atoms with Crippen LogP contribution in [0, 0.1) is 11.3 Å². The van der Waals surface area contributed by atoms with E-state index in [1.165, 1.54) is 16.5 Å². The van der Waals surface area contributed by atoms with Gasteiger partial charge in [-0.3, -0.25) is 0 Å². The van der Waals surface area contributed by atoms with Crippen molar-refractivity contribution in [3.05, 3.63) is 195 Å². The summed E-state index contributed by atoms with van der Waals surface area (Å²) in [4.78, 5) is 0. The van der Waals surface area contributed by atoms with Gasteiger partial charge < -0.3 is 0 Å². The van der Waals surface area contributed by atoms with E-state index in [1.807, 2.05) is 30.3 Å². The van der Waals surface area contributed by atoms with Gasteiger partial charge in [-0.1, -0.05) is 72.8 Å². The third kappa shape index (κ3) is 12.8. The molecule has 6 aromatic carbocycles. The smallest absolute Gasteiger partial charge is 0.194 e. The molecule has 0 aliphatic carbocycles. The zero-order valence-electron chi connectivity index (χ0n) is 37.0. The summed E-state index contributed by atoms with van der Waals surface area (Å²) >= 11 is 0. The van der Waals surface area contributed by atoms with E-state index in [4.69, 9.17) is 5.26 Å². The fourth-order valence-corrected chi connectivity index (χ4v) is 8.31. The van der Waals surface area contributed by atoms with Crippen LogP contribution in [-0.2, 0) is 56.0 Å². The predicted octanol–water partition coefficient (Wildman–Crippen LogP) is 14.3. The molecule has 0 fully saturated rings. The van der Waals surface area contributed by atoms with E-state index in [2.05, 4.69) is 47.2 Å². The summed E-state index contributed by atoms with van der Waals surface area (Å²) in [7, 11) is 0. The van der Waals surface area contributed by atoms with Gasteiger partial charge in [-0.05, 0) is 48.5 Å². The first-order chi connectivity index (χ1) is 34.6. The number of hydrogen-bond acceptors (Lipinski definition) is 1. The summed E-state index contributed by atoms with van der Waals surface area (Å²) in [5.41, 5.74) is -27.1. The van der Waals surface area contributed by atoms with Crippen LogP contribution in [0.15, 0.2) is 140 Å². The molecule has 0 bridgehead atoms. The molecule has 1 aromatic heterocycles. The largest absolute Gasteiger partial charge is 0.416 e. The Kier molecular flexibility index (Phi) is 15.2. The molecule has 0 N–H and O–H groups in total. The van der Waals surface area contributed by atoms with Gasteiger partial charge in [-0.15, -0.1) is 0 Å². The van der Waals surface area contributed by atoms with Crippen LogP contribution in [0.3, 0.4) is 0 Å². The lowest BCUT2D eigenvalue weighted by molar-refractivity contribution is -0.662. The highest BCUT2D eigenvalue weighted by Gasteiger charge is 2.47. The maximum Gasteiger partial charge on any atom is 0.416 e. The van der Waals surface area contributed by atoms with E-state index in [0.29, 0.717) is 5.56 Å². The molecule has 0 radical (unpaired) electrons. The van der Waals surface area contributed by atoms with Gasteiger partial charge in [-0.25, -0.2) is 0 Å². The van der Waals surface area contributed by atoms with Crippen molar-refractivity contribution in [2.75, 3.05) is 0 Å². The molecule has 0 spiro atoms. The molecule has 76 heavy (non-hydrogen) atoms. The number of para-hydroxylation sites is 1. The Balaban J connectivity index is 0.000000408. The Bertz CT molecular complexity index is 2850. The molecule has 7 rings (SSSR count). The number of alkyl halides is 24. The van der Waals surface area contributed by atoms with Crippen molar-refractivity contribution in [3.63, 3.8) is 0 Å². The highest BCUT2D eigenvalue weighted by molar-refractivity contribution is 7.20. The number of aromatic nitrogens is 1. The fourth-order valence-electron chi connectivity index (χ4n) is 8.31. The number of pyridine rings is 1. The minimum atomic E-state index is -6.13. The van der Waals surface area contributed by atoms with Gasteiger partial charge in [0.1, 0.15) is 6.15 Å². The minimum absolute atomic E-state index is 0.691. The van der Waals surface area contributed by atoms with Crippen molar-refractivity contribution < 1.29 is 110 Å². The van der Waals surface area contributed by atoms with Crippen LogP contribution in [0.25, 0.3) is 10.9 Å². The quantitative estimate of drug-likeness (QED) is 0.0926. The van der Waals surface area contributed by atoms with Gasteiger partial charge in [0.05, 0.1) is 56.1 Å². The number of nitrogens with zero attached hydrogens (tertiary/aromatic N) is 2. The van der Waals surface area contributed by atoms with E-state index in [0.717, 1.165) is 6.54 Å². The van der Waals surface area contributed by atoms with Gasteiger partial charge in [-0.2, -0.15) is 137 Å². The zero-order valence-corrected chi connectivity index (χ0v) is 37.0. The Morgan fingerprint density at radius 3 is 0.868 bits per heavy atom. The summed E-state index contributed by atoms with van der Waals surface area (Å²) in [5, 5.41) is 10.0. The van der Waals surface area contributed by atoms with Crippen molar-refractivity contribution >= 4 is 38.9 Å². The highest BCUT2D eigenvalue weighted by atomic mass is 19.4. The lowest BCUT2D eigenvalue weighted by atomic mass is 9.12. The lowest BCUT2D eigenvalue weighted by Gasteiger charge is -2.46. The SMILES string of the molecule is FC(F)(F)c1cc([B-](c2cc(C(F)(F)F)cc(C(F)(F)F)c2)(c2cc(C(F)(F)F)cc(C(F)(F)F)c2)c2cc(C(F)(F)F)cc(C(F)(F)F)c2)cc(C(F)(F)F)c1.N#Cc1ccc(C[n+]2cccc3ccccc32)cc1. The molecule has 402 valence electrons. The molecule has 2 nitrogen and oxygen atoms in total. The van der Waals surface area contributed by atoms with Gasteiger partial charge >= 0.3 is 49.4 Å². The van der Waals surface area contributed by atoms with Gasteiger partial charge in [0.2, 0.25) is 5.52 Å². The standard InChI is InChI=1S/C32H12BF24.C17H13N2/c34-25(35,36)13-1-14(26(37,38)39)6-21(5-13)33(22-7-15(27(40,41)42)2-16(8-22)28(43,44)45,23-9-17(29(46,47)48)3-18(10-23)30(49,50)51)24-11-19(31(52,53)54)4-20(12-24)32(55,56)57;18-12-14-7-9-15(10-8-14)13-19-11-3-5-16-4-1-2-6-17(16)19/h1-12H;1-11H,13H2/q-1;+1. The van der Waals surface area contributed by atoms with Crippen LogP contribution in [0.1, 0.15) is 55.6 Å². The normalized spacial score (nSPS) is 13.3.